The largest absolute Gasteiger partial charge is 0.378 e. The fraction of sp³-hybridized carbons (Fsp3) is 1.00. The molecule has 0 aliphatic carbocycles. The molecule has 0 aromatic rings. The molecule has 0 radical (unpaired) electrons. The molecule has 0 heterocycles. The first-order chi connectivity index (χ1) is 7.29. The first-order valence-corrected chi connectivity index (χ1v) is 6.90. The van der Waals surface area contributed by atoms with Crippen LogP contribution in [0.25, 0.3) is 0 Å². The predicted molar refractivity (Wildman–Crippen MR) is 77.3 cm³/mol. The van der Waals surface area contributed by atoms with Crippen molar-refractivity contribution in [2.24, 2.45) is 16.2 Å². The van der Waals surface area contributed by atoms with Crippen molar-refractivity contribution in [3.63, 3.8) is 0 Å². The van der Waals surface area contributed by atoms with Gasteiger partial charge in [0, 0.05) is 0 Å². The predicted octanol–water partition coefficient (Wildman–Crippen LogP) is 5.29. The summed E-state index contributed by atoms with van der Waals surface area (Å²) in [6.45, 7) is 21.3. The Balaban J connectivity index is 4.42. The highest BCUT2D eigenvalue weighted by molar-refractivity contribution is 4.76. The summed E-state index contributed by atoms with van der Waals surface area (Å²) in [6.07, 6.45) is 2.66. The van der Waals surface area contributed by atoms with E-state index in [0.717, 1.165) is 19.4 Å². The van der Waals surface area contributed by atoms with Crippen molar-refractivity contribution in [3.8, 4) is 0 Å². The van der Waals surface area contributed by atoms with Crippen molar-refractivity contribution in [2.75, 3.05) is 6.61 Å². The van der Waals surface area contributed by atoms with Crippen LogP contribution in [0.2, 0.25) is 0 Å². The monoisotopic (exact) mass is 242 g/mol. The van der Waals surface area contributed by atoms with Crippen LogP contribution in [0.3, 0.4) is 0 Å². The van der Waals surface area contributed by atoms with E-state index in [1.165, 1.54) is 0 Å². The minimum atomic E-state index is 0.258. The maximum Gasteiger partial charge on any atom is 0.0585 e. The third-order valence-electron chi connectivity index (χ3n) is 2.43. The van der Waals surface area contributed by atoms with Gasteiger partial charge in [0.15, 0.2) is 0 Å². The molecule has 0 bridgehead atoms. The lowest BCUT2D eigenvalue weighted by molar-refractivity contribution is -0.0299. The molecule has 0 saturated heterocycles. The minimum Gasteiger partial charge on any atom is -0.378 e. The van der Waals surface area contributed by atoms with Crippen LogP contribution < -0.4 is 0 Å². The van der Waals surface area contributed by atoms with Crippen molar-refractivity contribution >= 4 is 0 Å². The Morgan fingerprint density at radius 3 is 1.24 bits per heavy atom. The molecule has 0 atom stereocenters. The molecule has 1 nitrogen and oxygen atoms in total. The number of ether oxygens (including phenoxy) is 1. The highest BCUT2D eigenvalue weighted by atomic mass is 16.5. The van der Waals surface area contributed by atoms with Crippen LogP contribution in [0.4, 0.5) is 0 Å². The van der Waals surface area contributed by atoms with Crippen LogP contribution in [-0.4, -0.2) is 12.7 Å². The smallest absolute Gasteiger partial charge is 0.0585 e. The summed E-state index contributed by atoms with van der Waals surface area (Å²) >= 11 is 0. The Bertz CT molecular complexity index is 193. The summed E-state index contributed by atoms with van der Waals surface area (Å²) in [6, 6.07) is 0. The van der Waals surface area contributed by atoms with Crippen molar-refractivity contribution in [1.82, 2.24) is 0 Å². The molecule has 1 heteroatoms. The second-order valence-electron chi connectivity index (χ2n) is 9.02. The van der Waals surface area contributed by atoms with Gasteiger partial charge in [-0.25, -0.2) is 0 Å². The first kappa shape index (κ1) is 17.0. The lowest BCUT2D eigenvalue weighted by Gasteiger charge is -2.33. The molecule has 0 saturated carbocycles. The highest BCUT2D eigenvalue weighted by Crippen LogP contribution is 2.31. The van der Waals surface area contributed by atoms with Crippen molar-refractivity contribution < 1.29 is 4.74 Å². The summed E-state index contributed by atoms with van der Waals surface area (Å²) in [5.41, 5.74) is 0.940. The summed E-state index contributed by atoms with van der Waals surface area (Å²) in [5.74, 6) is 0. The minimum absolute atomic E-state index is 0.258. The van der Waals surface area contributed by atoms with Gasteiger partial charge in [-0.3, -0.25) is 0 Å². The van der Waals surface area contributed by atoms with E-state index in [2.05, 4.69) is 62.3 Å². The standard InChI is InChI=1S/C16H34O/c1-14(2,3)10-13(11-15(4,5)6)17-12-16(7,8)9/h13H,10-12H2,1-9H3. The molecule has 0 spiro atoms. The topological polar surface area (TPSA) is 9.23 Å². The Morgan fingerprint density at radius 2 is 1.00 bits per heavy atom. The molecule has 0 fully saturated rings. The quantitative estimate of drug-likeness (QED) is 0.651. The van der Waals surface area contributed by atoms with E-state index in [0.29, 0.717) is 16.9 Å². The SMILES string of the molecule is CC(C)(C)COC(CC(C)(C)C)CC(C)(C)C. The molecule has 0 unspecified atom stereocenters. The second-order valence-corrected chi connectivity index (χ2v) is 9.02. The summed E-state index contributed by atoms with van der Waals surface area (Å²) in [5, 5.41) is 0. The number of hydrogen-bond acceptors (Lipinski definition) is 1. The molecule has 0 aromatic heterocycles. The zero-order valence-electron chi connectivity index (χ0n) is 13.6. The van der Waals surface area contributed by atoms with Gasteiger partial charge in [-0.15, -0.1) is 0 Å². The molecule has 0 rings (SSSR count). The Morgan fingerprint density at radius 1 is 0.647 bits per heavy atom. The van der Waals surface area contributed by atoms with Crippen LogP contribution in [0.15, 0.2) is 0 Å². The molecule has 0 N–H and O–H groups in total. The van der Waals surface area contributed by atoms with E-state index < -0.39 is 0 Å². The van der Waals surface area contributed by atoms with Gasteiger partial charge in [-0.1, -0.05) is 62.3 Å². The van der Waals surface area contributed by atoms with Crippen molar-refractivity contribution in [3.05, 3.63) is 0 Å². The fourth-order valence-corrected chi connectivity index (χ4v) is 1.92. The van der Waals surface area contributed by atoms with Crippen LogP contribution in [0.1, 0.15) is 75.2 Å². The van der Waals surface area contributed by atoms with Crippen molar-refractivity contribution in [2.45, 2.75) is 81.3 Å². The van der Waals surface area contributed by atoms with Gasteiger partial charge in [0.25, 0.3) is 0 Å². The normalized spacial score (nSPS) is 14.5. The van der Waals surface area contributed by atoms with Gasteiger partial charge in [0.05, 0.1) is 12.7 Å². The molecular formula is C16H34O. The lowest BCUT2D eigenvalue weighted by Crippen LogP contribution is -2.29. The number of hydrogen-bond donors (Lipinski definition) is 0. The van der Waals surface area contributed by atoms with E-state index in [4.69, 9.17) is 4.74 Å². The van der Waals surface area contributed by atoms with Crippen LogP contribution >= 0.6 is 0 Å². The molecule has 0 aliphatic heterocycles. The number of rotatable bonds is 4. The van der Waals surface area contributed by atoms with Gasteiger partial charge in [0.1, 0.15) is 0 Å². The lowest BCUT2D eigenvalue weighted by atomic mass is 9.81. The third kappa shape index (κ3) is 12.2. The van der Waals surface area contributed by atoms with Gasteiger partial charge in [0.2, 0.25) is 0 Å². The molecule has 0 aliphatic rings. The summed E-state index contributed by atoms with van der Waals surface area (Å²) in [4.78, 5) is 0. The van der Waals surface area contributed by atoms with Gasteiger partial charge >= 0.3 is 0 Å². The maximum absolute atomic E-state index is 6.16. The third-order valence-corrected chi connectivity index (χ3v) is 2.43. The van der Waals surface area contributed by atoms with E-state index in [1.54, 1.807) is 0 Å². The van der Waals surface area contributed by atoms with Gasteiger partial charge in [-0.05, 0) is 29.1 Å². The fourth-order valence-electron chi connectivity index (χ4n) is 1.92. The van der Waals surface area contributed by atoms with E-state index in [-0.39, 0.29) is 5.41 Å². The van der Waals surface area contributed by atoms with E-state index in [1.807, 2.05) is 0 Å². The molecule has 0 amide bonds. The molecule has 0 aromatic carbocycles. The zero-order valence-corrected chi connectivity index (χ0v) is 13.6. The molecule has 17 heavy (non-hydrogen) atoms. The Hall–Kier alpha value is -0.0400. The summed E-state index contributed by atoms with van der Waals surface area (Å²) < 4.78 is 6.16. The first-order valence-electron chi connectivity index (χ1n) is 6.90. The van der Waals surface area contributed by atoms with E-state index in [9.17, 15) is 0 Å². The summed E-state index contributed by atoms with van der Waals surface area (Å²) in [7, 11) is 0. The highest BCUT2D eigenvalue weighted by Gasteiger charge is 2.25. The average molecular weight is 242 g/mol. The van der Waals surface area contributed by atoms with Crippen molar-refractivity contribution in [1.29, 1.82) is 0 Å². The van der Waals surface area contributed by atoms with Gasteiger partial charge in [-0.2, -0.15) is 0 Å². The van der Waals surface area contributed by atoms with Crippen LogP contribution in [-0.2, 0) is 4.74 Å². The van der Waals surface area contributed by atoms with E-state index >= 15 is 0 Å². The van der Waals surface area contributed by atoms with Crippen LogP contribution in [0.5, 0.6) is 0 Å². The maximum atomic E-state index is 6.16. The zero-order chi connectivity index (χ0) is 13.9. The Labute approximate surface area is 109 Å². The Kier molecular flexibility index (Phi) is 5.72. The average Bonchev–Trinajstić information content (AvgIpc) is 1.92. The molecule has 104 valence electrons. The van der Waals surface area contributed by atoms with Gasteiger partial charge < -0.3 is 4.74 Å². The molecular weight excluding hydrogens is 208 g/mol. The second kappa shape index (κ2) is 5.73. The van der Waals surface area contributed by atoms with Crippen LogP contribution in [0, 0.1) is 16.2 Å².